The van der Waals surface area contributed by atoms with Crippen LogP contribution >= 0.6 is 11.6 Å². The van der Waals surface area contributed by atoms with Gasteiger partial charge in [0.05, 0.1) is 0 Å². The number of nitrogens with one attached hydrogen (secondary N) is 1. The molecule has 0 aromatic rings. The van der Waals surface area contributed by atoms with Gasteiger partial charge in [-0.3, -0.25) is 0 Å². The first-order valence-corrected chi connectivity index (χ1v) is 5.14. The summed E-state index contributed by atoms with van der Waals surface area (Å²) in [5.74, 6) is 0. The van der Waals surface area contributed by atoms with Crippen molar-refractivity contribution in [2.24, 2.45) is 0 Å². The maximum Gasteiger partial charge on any atom is 0.0365 e. The van der Waals surface area contributed by atoms with Gasteiger partial charge in [-0.1, -0.05) is 19.8 Å². The molecule has 0 amide bonds. The highest BCUT2D eigenvalue weighted by Crippen LogP contribution is 2.25. The van der Waals surface area contributed by atoms with Crippen molar-refractivity contribution in [3.05, 3.63) is 0 Å². The van der Waals surface area contributed by atoms with E-state index in [4.69, 9.17) is 11.6 Å². The lowest BCUT2D eigenvalue weighted by Crippen LogP contribution is -2.42. The second-order valence-corrected chi connectivity index (χ2v) is 4.04. The molecule has 0 heterocycles. The van der Waals surface area contributed by atoms with Crippen LogP contribution in [0.5, 0.6) is 0 Å². The number of hydrogen-bond acceptors (Lipinski definition) is 1. The molecule has 1 aliphatic rings. The van der Waals surface area contributed by atoms with Crippen LogP contribution in [0.3, 0.4) is 0 Å². The molecule has 1 rings (SSSR count). The summed E-state index contributed by atoms with van der Waals surface area (Å²) >= 11 is 5.84. The predicted molar refractivity (Wildman–Crippen MR) is 50.2 cm³/mol. The molecular formula is C9H18ClN. The summed E-state index contributed by atoms with van der Waals surface area (Å²) in [5, 5.41) is 3.96. The third-order valence-corrected chi connectivity index (χ3v) is 2.65. The first-order valence-electron chi connectivity index (χ1n) is 4.70. The predicted octanol–water partition coefficient (Wildman–Crippen LogP) is 2.54. The van der Waals surface area contributed by atoms with Crippen molar-refractivity contribution in [2.45, 2.75) is 50.4 Å². The number of alkyl halides is 1. The van der Waals surface area contributed by atoms with Crippen molar-refractivity contribution in [2.75, 3.05) is 6.54 Å². The van der Waals surface area contributed by atoms with E-state index in [1.54, 1.807) is 0 Å². The maximum atomic E-state index is 5.84. The Morgan fingerprint density at radius 2 is 2.09 bits per heavy atom. The number of halogens is 1. The summed E-state index contributed by atoms with van der Waals surface area (Å²) in [4.78, 5) is 0. The SMILES string of the molecule is CCCCCNC1CC(Cl)C1. The van der Waals surface area contributed by atoms with Crippen molar-refractivity contribution >= 4 is 11.6 Å². The Hall–Kier alpha value is 0.250. The minimum Gasteiger partial charge on any atom is -0.314 e. The van der Waals surface area contributed by atoms with Gasteiger partial charge < -0.3 is 5.32 Å². The van der Waals surface area contributed by atoms with Crippen LogP contribution in [0, 0.1) is 0 Å². The highest BCUT2D eigenvalue weighted by molar-refractivity contribution is 6.21. The Kier molecular flexibility index (Phi) is 4.24. The lowest BCUT2D eigenvalue weighted by atomic mass is 9.92. The molecule has 0 bridgehead atoms. The smallest absolute Gasteiger partial charge is 0.0365 e. The van der Waals surface area contributed by atoms with E-state index >= 15 is 0 Å². The monoisotopic (exact) mass is 175 g/mol. The van der Waals surface area contributed by atoms with E-state index in [1.807, 2.05) is 0 Å². The second kappa shape index (κ2) is 5.00. The Morgan fingerprint density at radius 1 is 1.36 bits per heavy atom. The van der Waals surface area contributed by atoms with E-state index in [-0.39, 0.29) is 0 Å². The Bertz CT molecular complexity index is 99.7. The molecule has 1 N–H and O–H groups in total. The highest BCUT2D eigenvalue weighted by atomic mass is 35.5. The van der Waals surface area contributed by atoms with Crippen LogP contribution in [0.25, 0.3) is 0 Å². The zero-order chi connectivity index (χ0) is 8.10. The largest absolute Gasteiger partial charge is 0.314 e. The van der Waals surface area contributed by atoms with Crippen molar-refractivity contribution in [1.82, 2.24) is 5.32 Å². The normalized spacial score (nSPS) is 30.0. The molecule has 1 nitrogen and oxygen atoms in total. The fourth-order valence-corrected chi connectivity index (χ4v) is 1.83. The fourth-order valence-electron chi connectivity index (χ4n) is 1.40. The van der Waals surface area contributed by atoms with Gasteiger partial charge in [0, 0.05) is 11.4 Å². The molecule has 0 spiro atoms. The fraction of sp³-hybridized carbons (Fsp3) is 1.00. The molecule has 0 unspecified atom stereocenters. The summed E-state index contributed by atoms with van der Waals surface area (Å²) in [5.41, 5.74) is 0. The molecule has 0 radical (unpaired) electrons. The molecular weight excluding hydrogens is 158 g/mol. The lowest BCUT2D eigenvalue weighted by Gasteiger charge is -2.31. The average Bonchev–Trinajstić information content (AvgIpc) is 1.94. The molecule has 2 heteroatoms. The van der Waals surface area contributed by atoms with Crippen molar-refractivity contribution < 1.29 is 0 Å². The molecule has 1 aliphatic carbocycles. The van der Waals surface area contributed by atoms with Crippen LogP contribution < -0.4 is 5.32 Å². The minimum atomic E-state index is 0.457. The average molecular weight is 176 g/mol. The van der Waals surface area contributed by atoms with Gasteiger partial charge in [0.1, 0.15) is 0 Å². The Morgan fingerprint density at radius 3 is 2.64 bits per heavy atom. The molecule has 1 saturated carbocycles. The number of hydrogen-bond donors (Lipinski definition) is 1. The van der Waals surface area contributed by atoms with E-state index in [0.717, 1.165) is 6.04 Å². The summed E-state index contributed by atoms with van der Waals surface area (Å²) in [7, 11) is 0. The Balaban J connectivity index is 1.81. The second-order valence-electron chi connectivity index (χ2n) is 3.43. The van der Waals surface area contributed by atoms with Gasteiger partial charge in [0.2, 0.25) is 0 Å². The van der Waals surface area contributed by atoms with Crippen LogP contribution in [0.1, 0.15) is 39.0 Å². The molecule has 0 aromatic heterocycles. The van der Waals surface area contributed by atoms with Crippen molar-refractivity contribution in [3.63, 3.8) is 0 Å². The van der Waals surface area contributed by atoms with E-state index < -0.39 is 0 Å². The molecule has 66 valence electrons. The van der Waals surface area contributed by atoms with E-state index in [2.05, 4.69) is 12.2 Å². The molecule has 1 fully saturated rings. The minimum absolute atomic E-state index is 0.457. The zero-order valence-corrected chi connectivity index (χ0v) is 8.03. The van der Waals surface area contributed by atoms with Crippen LogP contribution in [0.2, 0.25) is 0 Å². The van der Waals surface area contributed by atoms with Crippen LogP contribution in [0.15, 0.2) is 0 Å². The summed E-state index contributed by atoms with van der Waals surface area (Å²) < 4.78 is 0. The Labute approximate surface area is 74.5 Å². The van der Waals surface area contributed by atoms with Crippen LogP contribution in [0.4, 0.5) is 0 Å². The van der Waals surface area contributed by atoms with Crippen molar-refractivity contribution in [1.29, 1.82) is 0 Å². The molecule has 0 saturated heterocycles. The lowest BCUT2D eigenvalue weighted by molar-refractivity contribution is 0.344. The summed E-state index contributed by atoms with van der Waals surface area (Å²) in [6, 6.07) is 0.731. The van der Waals surface area contributed by atoms with Gasteiger partial charge in [-0.05, 0) is 25.8 Å². The maximum absolute atomic E-state index is 5.84. The van der Waals surface area contributed by atoms with E-state index in [0.29, 0.717) is 5.38 Å². The van der Waals surface area contributed by atoms with E-state index in [1.165, 1.54) is 38.6 Å². The van der Waals surface area contributed by atoms with Crippen molar-refractivity contribution in [3.8, 4) is 0 Å². The third kappa shape index (κ3) is 3.44. The number of unbranched alkanes of at least 4 members (excludes halogenated alkanes) is 2. The van der Waals surface area contributed by atoms with E-state index in [9.17, 15) is 0 Å². The van der Waals surface area contributed by atoms with Crippen LogP contribution in [-0.4, -0.2) is 18.0 Å². The summed E-state index contributed by atoms with van der Waals surface area (Å²) in [6.45, 7) is 3.42. The third-order valence-electron chi connectivity index (χ3n) is 2.29. The topological polar surface area (TPSA) is 12.0 Å². The first kappa shape index (κ1) is 9.34. The standard InChI is InChI=1S/C9H18ClN/c1-2-3-4-5-11-9-6-8(10)7-9/h8-9,11H,2-7H2,1H3. The molecule has 0 atom stereocenters. The quantitative estimate of drug-likeness (QED) is 0.500. The van der Waals surface area contributed by atoms with Crippen LogP contribution in [-0.2, 0) is 0 Å². The number of rotatable bonds is 5. The molecule has 0 aromatic carbocycles. The first-order chi connectivity index (χ1) is 5.33. The molecule has 11 heavy (non-hydrogen) atoms. The molecule has 0 aliphatic heterocycles. The van der Waals surface area contributed by atoms with Gasteiger partial charge in [-0.2, -0.15) is 0 Å². The summed E-state index contributed by atoms with van der Waals surface area (Å²) in [6.07, 6.45) is 6.33. The van der Waals surface area contributed by atoms with Gasteiger partial charge in [-0.25, -0.2) is 0 Å². The van der Waals surface area contributed by atoms with Gasteiger partial charge in [0.25, 0.3) is 0 Å². The van der Waals surface area contributed by atoms with Gasteiger partial charge in [-0.15, -0.1) is 11.6 Å². The van der Waals surface area contributed by atoms with Gasteiger partial charge in [0.15, 0.2) is 0 Å². The highest BCUT2D eigenvalue weighted by Gasteiger charge is 2.25. The van der Waals surface area contributed by atoms with Gasteiger partial charge >= 0.3 is 0 Å². The zero-order valence-electron chi connectivity index (χ0n) is 7.28.